The number of hydrogen-bond donors (Lipinski definition) is 1. The van der Waals surface area contributed by atoms with Gasteiger partial charge in [-0.25, -0.2) is 4.79 Å². The quantitative estimate of drug-likeness (QED) is 0.693. The molecule has 0 spiro atoms. The Bertz CT molecular complexity index is 611. The average Bonchev–Trinajstić information content (AvgIpc) is 2.40. The van der Waals surface area contributed by atoms with Crippen LogP contribution in [0.1, 0.15) is 21.5 Å². The summed E-state index contributed by atoms with van der Waals surface area (Å²) in [5.41, 5.74) is 8.74. The Morgan fingerprint density at radius 1 is 1.26 bits per heavy atom. The molecule has 0 saturated carbocycles. The zero-order valence-electron chi connectivity index (χ0n) is 10.5. The van der Waals surface area contributed by atoms with Crippen molar-refractivity contribution in [2.45, 2.75) is 13.5 Å². The Hall–Kier alpha value is -1.81. The van der Waals surface area contributed by atoms with Crippen LogP contribution < -0.4 is 5.73 Å². The highest BCUT2D eigenvalue weighted by Gasteiger charge is 2.12. The van der Waals surface area contributed by atoms with Crippen molar-refractivity contribution in [3.05, 3.63) is 63.6 Å². The van der Waals surface area contributed by atoms with Gasteiger partial charge in [-0.1, -0.05) is 24.3 Å². The molecule has 0 aromatic heterocycles. The Labute approximate surface area is 120 Å². The van der Waals surface area contributed by atoms with Crippen molar-refractivity contribution in [2.24, 2.45) is 0 Å². The van der Waals surface area contributed by atoms with E-state index in [1.807, 2.05) is 31.2 Å². The zero-order valence-corrected chi connectivity index (χ0v) is 12.1. The maximum Gasteiger partial charge on any atom is 0.339 e. The van der Waals surface area contributed by atoms with Crippen molar-refractivity contribution in [1.82, 2.24) is 0 Å². The first-order valence-corrected chi connectivity index (χ1v) is 6.64. The molecule has 3 nitrogen and oxygen atoms in total. The zero-order chi connectivity index (χ0) is 13.8. The van der Waals surface area contributed by atoms with Crippen molar-refractivity contribution in [3.63, 3.8) is 0 Å². The molecule has 98 valence electrons. The van der Waals surface area contributed by atoms with Crippen molar-refractivity contribution >= 4 is 27.6 Å². The SMILES string of the molecule is Cc1ccccc1COC(=O)c1cc(N)ccc1Br. The maximum atomic E-state index is 12.0. The summed E-state index contributed by atoms with van der Waals surface area (Å²) in [7, 11) is 0. The lowest BCUT2D eigenvalue weighted by atomic mass is 10.1. The van der Waals surface area contributed by atoms with Crippen molar-refractivity contribution in [2.75, 3.05) is 5.73 Å². The van der Waals surface area contributed by atoms with Gasteiger partial charge in [-0.2, -0.15) is 0 Å². The van der Waals surface area contributed by atoms with E-state index in [4.69, 9.17) is 10.5 Å². The summed E-state index contributed by atoms with van der Waals surface area (Å²) >= 11 is 3.32. The van der Waals surface area contributed by atoms with Gasteiger partial charge in [-0.15, -0.1) is 0 Å². The van der Waals surface area contributed by atoms with Gasteiger partial charge in [-0.3, -0.25) is 0 Å². The van der Waals surface area contributed by atoms with Gasteiger partial charge in [0.1, 0.15) is 6.61 Å². The Morgan fingerprint density at radius 2 is 2.00 bits per heavy atom. The molecular formula is C15H14BrNO2. The summed E-state index contributed by atoms with van der Waals surface area (Å²) in [5.74, 6) is -0.387. The molecule has 0 atom stereocenters. The summed E-state index contributed by atoms with van der Waals surface area (Å²) in [6.07, 6.45) is 0. The van der Waals surface area contributed by atoms with Crippen LogP contribution in [-0.2, 0) is 11.3 Å². The molecule has 0 saturated heterocycles. The van der Waals surface area contributed by atoms with E-state index in [-0.39, 0.29) is 12.6 Å². The van der Waals surface area contributed by atoms with E-state index >= 15 is 0 Å². The van der Waals surface area contributed by atoms with E-state index in [0.717, 1.165) is 11.1 Å². The Balaban J connectivity index is 2.10. The molecule has 0 aliphatic rings. The highest BCUT2D eigenvalue weighted by Crippen LogP contribution is 2.21. The number of rotatable bonds is 3. The highest BCUT2D eigenvalue weighted by atomic mass is 79.9. The number of nitrogens with two attached hydrogens (primary N) is 1. The van der Waals surface area contributed by atoms with Crippen LogP contribution in [0.5, 0.6) is 0 Å². The molecular weight excluding hydrogens is 306 g/mol. The number of carbonyl (C=O) groups is 1. The monoisotopic (exact) mass is 319 g/mol. The number of carbonyl (C=O) groups excluding carboxylic acids is 1. The first kappa shape index (κ1) is 13.6. The molecule has 0 bridgehead atoms. The second-order valence-electron chi connectivity index (χ2n) is 4.24. The van der Waals surface area contributed by atoms with Gasteiger partial charge in [0, 0.05) is 10.2 Å². The summed E-state index contributed by atoms with van der Waals surface area (Å²) in [4.78, 5) is 12.0. The fourth-order valence-electron chi connectivity index (χ4n) is 1.69. The standard InChI is InChI=1S/C15H14BrNO2/c1-10-4-2-3-5-11(10)9-19-15(18)13-8-12(17)6-7-14(13)16/h2-8H,9,17H2,1H3. The van der Waals surface area contributed by atoms with Gasteiger partial charge in [-0.05, 0) is 52.2 Å². The van der Waals surface area contributed by atoms with Crippen molar-refractivity contribution in [1.29, 1.82) is 0 Å². The topological polar surface area (TPSA) is 52.3 Å². The molecule has 2 N–H and O–H groups in total. The number of anilines is 1. The first-order chi connectivity index (χ1) is 9.08. The predicted molar refractivity (Wildman–Crippen MR) is 78.9 cm³/mol. The first-order valence-electron chi connectivity index (χ1n) is 5.84. The molecule has 0 aliphatic heterocycles. The average molecular weight is 320 g/mol. The third-order valence-corrected chi connectivity index (χ3v) is 3.52. The van der Waals surface area contributed by atoms with Crippen LogP contribution in [-0.4, -0.2) is 5.97 Å². The molecule has 2 aromatic carbocycles. The highest BCUT2D eigenvalue weighted by molar-refractivity contribution is 9.10. The summed E-state index contributed by atoms with van der Waals surface area (Å²) < 4.78 is 5.98. The van der Waals surface area contributed by atoms with Crippen LogP contribution >= 0.6 is 15.9 Å². The van der Waals surface area contributed by atoms with E-state index in [9.17, 15) is 4.79 Å². The Morgan fingerprint density at radius 3 is 2.74 bits per heavy atom. The number of nitrogen functional groups attached to an aromatic ring is 1. The minimum Gasteiger partial charge on any atom is -0.457 e. The van der Waals surface area contributed by atoms with Gasteiger partial charge in [0.15, 0.2) is 0 Å². The van der Waals surface area contributed by atoms with Crippen molar-refractivity contribution in [3.8, 4) is 0 Å². The minimum atomic E-state index is -0.387. The fraction of sp³-hybridized carbons (Fsp3) is 0.133. The molecule has 0 unspecified atom stereocenters. The fourth-order valence-corrected chi connectivity index (χ4v) is 2.10. The van der Waals surface area contributed by atoms with Crippen LogP contribution in [0.25, 0.3) is 0 Å². The lowest BCUT2D eigenvalue weighted by Gasteiger charge is -2.09. The lowest BCUT2D eigenvalue weighted by Crippen LogP contribution is -2.07. The number of hydrogen-bond acceptors (Lipinski definition) is 3. The molecule has 0 radical (unpaired) electrons. The van der Waals surface area contributed by atoms with Crippen LogP contribution in [0.3, 0.4) is 0 Å². The normalized spacial score (nSPS) is 10.2. The lowest BCUT2D eigenvalue weighted by molar-refractivity contribution is 0.0471. The summed E-state index contributed by atoms with van der Waals surface area (Å²) in [5, 5.41) is 0. The third-order valence-electron chi connectivity index (χ3n) is 2.83. The van der Waals surface area contributed by atoms with Crippen LogP contribution in [0.15, 0.2) is 46.9 Å². The summed E-state index contributed by atoms with van der Waals surface area (Å²) in [6.45, 7) is 2.24. The number of aryl methyl sites for hydroxylation is 1. The number of ether oxygens (including phenoxy) is 1. The third kappa shape index (κ3) is 3.35. The minimum absolute atomic E-state index is 0.257. The van der Waals surface area contributed by atoms with Gasteiger partial charge >= 0.3 is 5.97 Å². The largest absolute Gasteiger partial charge is 0.457 e. The van der Waals surface area contributed by atoms with E-state index in [2.05, 4.69) is 15.9 Å². The van der Waals surface area contributed by atoms with E-state index in [1.165, 1.54) is 0 Å². The second kappa shape index (κ2) is 5.89. The predicted octanol–water partition coefficient (Wildman–Crippen LogP) is 3.70. The van der Waals surface area contributed by atoms with Gasteiger partial charge in [0.25, 0.3) is 0 Å². The maximum absolute atomic E-state index is 12.0. The molecule has 0 aliphatic carbocycles. The molecule has 0 heterocycles. The van der Waals surface area contributed by atoms with E-state index in [1.54, 1.807) is 18.2 Å². The van der Waals surface area contributed by atoms with Crippen LogP contribution in [0, 0.1) is 6.92 Å². The van der Waals surface area contributed by atoms with Gasteiger partial charge in [0.2, 0.25) is 0 Å². The molecule has 2 aromatic rings. The number of halogens is 1. The number of esters is 1. The molecule has 19 heavy (non-hydrogen) atoms. The van der Waals surface area contributed by atoms with E-state index in [0.29, 0.717) is 15.7 Å². The Kier molecular flexibility index (Phi) is 4.22. The number of benzene rings is 2. The summed E-state index contributed by atoms with van der Waals surface area (Å²) in [6, 6.07) is 12.9. The van der Waals surface area contributed by atoms with Crippen molar-refractivity contribution < 1.29 is 9.53 Å². The van der Waals surface area contributed by atoms with Crippen LogP contribution in [0.2, 0.25) is 0 Å². The van der Waals surface area contributed by atoms with Gasteiger partial charge < -0.3 is 10.5 Å². The second-order valence-corrected chi connectivity index (χ2v) is 5.10. The van der Waals surface area contributed by atoms with Gasteiger partial charge in [0.05, 0.1) is 5.56 Å². The molecule has 4 heteroatoms. The molecule has 2 rings (SSSR count). The van der Waals surface area contributed by atoms with Crippen LogP contribution in [0.4, 0.5) is 5.69 Å². The molecule has 0 fully saturated rings. The molecule has 0 amide bonds. The van der Waals surface area contributed by atoms with E-state index < -0.39 is 0 Å². The smallest absolute Gasteiger partial charge is 0.339 e.